The molecule has 0 aromatic rings. The molecule has 6 N–H and O–H groups in total. The van der Waals surface area contributed by atoms with Gasteiger partial charge in [0, 0.05) is 29.6 Å². The molecule has 0 radical (unpaired) electrons. The fourth-order valence-electron chi connectivity index (χ4n) is 8.26. The summed E-state index contributed by atoms with van der Waals surface area (Å²) < 4.78 is 0. The van der Waals surface area contributed by atoms with E-state index >= 15 is 0 Å². The molecule has 35 heavy (non-hydrogen) atoms. The third-order valence-electron chi connectivity index (χ3n) is 10.3. The summed E-state index contributed by atoms with van der Waals surface area (Å²) in [6.07, 6.45) is -0.474. The van der Waals surface area contributed by atoms with Gasteiger partial charge in [-0.3, -0.25) is 9.59 Å². The van der Waals surface area contributed by atoms with E-state index in [2.05, 4.69) is 0 Å². The van der Waals surface area contributed by atoms with Crippen molar-refractivity contribution in [2.75, 3.05) is 0 Å². The number of rotatable bonds is 5. The SMILES string of the molecule is CC(C)(O)CCC(=O)[C@](C)(O)[C@H]1CC[C@@]2(O)C3=CC(=O)[C@@H]4C[C@@H](O)[C@@H](O)C[C@]4(C)[C@H]3[C@H](O)C[C@]12C. The first-order valence-corrected chi connectivity index (χ1v) is 12.9. The minimum Gasteiger partial charge on any atom is -0.392 e. The molecule has 10 atom stereocenters. The Morgan fingerprint density at radius 1 is 1.06 bits per heavy atom. The van der Waals surface area contributed by atoms with E-state index in [-0.39, 0.29) is 44.3 Å². The highest BCUT2D eigenvalue weighted by Crippen LogP contribution is 2.68. The Kier molecular flexibility index (Phi) is 6.28. The summed E-state index contributed by atoms with van der Waals surface area (Å²) in [5, 5.41) is 65.9. The lowest BCUT2D eigenvalue weighted by Crippen LogP contribution is -2.66. The molecular weight excluding hydrogens is 452 g/mol. The van der Waals surface area contributed by atoms with Crippen molar-refractivity contribution in [3.05, 3.63) is 11.6 Å². The third-order valence-corrected chi connectivity index (χ3v) is 10.3. The zero-order valence-corrected chi connectivity index (χ0v) is 21.5. The van der Waals surface area contributed by atoms with Gasteiger partial charge in [0.25, 0.3) is 0 Å². The zero-order chi connectivity index (χ0) is 26.4. The van der Waals surface area contributed by atoms with Crippen molar-refractivity contribution < 1.29 is 40.2 Å². The predicted molar refractivity (Wildman–Crippen MR) is 127 cm³/mol. The number of carbonyl (C=O) groups is 2. The fourth-order valence-corrected chi connectivity index (χ4v) is 8.26. The van der Waals surface area contributed by atoms with E-state index in [1.165, 1.54) is 13.0 Å². The summed E-state index contributed by atoms with van der Waals surface area (Å²) in [6, 6.07) is 0. The van der Waals surface area contributed by atoms with Gasteiger partial charge in [-0.1, -0.05) is 13.8 Å². The van der Waals surface area contributed by atoms with Crippen molar-refractivity contribution >= 4 is 11.6 Å². The number of ketones is 2. The largest absolute Gasteiger partial charge is 0.392 e. The van der Waals surface area contributed by atoms with Crippen molar-refractivity contribution in [2.45, 2.75) is 115 Å². The van der Waals surface area contributed by atoms with Crippen LogP contribution in [0.25, 0.3) is 0 Å². The molecule has 0 aromatic carbocycles. The van der Waals surface area contributed by atoms with Gasteiger partial charge >= 0.3 is 0 Å². The minimum absolute atomic E-state index is 0.0200. The van der Waals surface area contributed by atoms with Gasteiger partial charge in [0.15, 0.2) is 11.6 Å². The van der Waals surface area contributed by atoms with Gasteiger partial charge in [0.05, 0.1) is 29.5 Å². The van der Waals surface area contributed by atoms with Crippen LogP contribution in [0.1, 0.15) is 79.6 Å². The van der Waals surface area contributed by atoms with Crippen molar-refractivity contribution in [2.24, 2.45) is 28.6 Å². The van der Waals surface area contributed by atoms with E-state index in [9.17, 15) is 40.2 Å². The van der Waals surface area contributed by atoms with Crippen molar-refractivity contribution in [3.8, 4) is 0 Å². The van der Waals surface area contributed by atoms with Gasteiger partial charge in [0.2, 0.25) is 0 Å². The van der Waals surface area contributed by atoms with Crippen LogP contribution < -0.4 is 0 Å². The molecule has 0 spiro atoms. The van der Waals surface area contributed by atoms with Gasteiger partial charge in [-0.15, -0.1) is 0 Å². The number of hydrogen-bond donors (Lipinski definition) is 6. The van der Waals surface area contributed by atoms with Crippen LogP contribution in [0.15, 0.2) is 11.6 Å². The summed E-state index contributed by atoms with van der Waals surface area (Å²) in [5.74, 6) is -2.46. The molecule has 0 unspecified atom stereocenters. The van der Waals surface area contributed by atoms with E-state index in [1.807, 2.05) is 6.92 Å². The van der Waals surface area contributed by atoms with Crippen LogP contribution in [-0.2, 0) is 9.59 Å². The summed E-state index contributed by atoms with van der Waals surface area (Å²) in [6.45, 7) is 8.28. The smallest absolute Gasteiger partial charge is 0.164 e. The van der Waals surface area contributed by atoms with Crippen molar-refractivity contribution in [3.63, 3.8) is 0 Å². The Hall–Kier alpha value is -1.16. The molecule has 3 fully saturated rings. The van der Waals surface area contributed by atoms with E-state index in [1.54, 1.807) is 20.8 Å². The molecular formula is C27H42O8. The molecule has 0 aromatic heterocycles. The predicted octanol–water partition coefficient (Wildman–Crippen LogP) is 1.03. The van der Waals surface area contributed by atoms with Crippen LogP contribution in [0.5, 0.6) is 0 Å². The first kappa shape index (κ1) is 26.9. The normalized spacial score (nSPS) is 47.3. The Balaban J connectivity index is 1.72. The fraction of sp³-hybridized carbons (Fsp3) is 0.852. The monoisotopic (exact) mass is 494 g/mol. The average molecular weight is 495 g/mol. The van der Waals surface area contributed by atoms with E-state index in [0.717, 1.165) is 0 Å². The van der Waals surface area contributed by atoms with Crippen LogP contribution >= 0.6 is 0 Å². The van der Waals surface area contributed by atoms with Gasteiger partial charge in [-0.05, 0) is 76.4 Å². The zero-order valence-electron chi connectivity index (χ0n) is 21.5. The standard InChI is InChI=1S/C27H42O8/c1-23(2,33)8-7-21(32)26(5,34)20-6-9-27(35)15-11-16(28)14-10-17(29)18(30)12-24(14,3)22(15)19(31)13-25(20,27)4/h11,14,17-20,22,29-31,33-35H,6-10,12-13H2,1-5H3/t14-,17+,18-,19+,20-,22+,24-,25+,26+,27+/m0/s1. The molecule has 4 aliphatic rings. The number of carbonyl (C=O) groups excluding carboxylic acids is 2. The maximum Gasteiger partial charge on any atom is 0.164 e. The molecule has 0 amide bonds. The molecule has 4 aliphatic carbocycles. The second kappa shape index (κ2) is 8.17. The first-order valence-electron chi connectivity index (χ1n) is 12.9. The van der Waals surface area contributed by atoms with Crippen molar-refractivity contribution in [1.29, 1.82) is 0 Å². The topological polar surface area (TPSA) is 156 Å². The highest BCUT2D eigenvalue weighted by Gasteiger charge is 2.71. The van der Waals surface area contributed by atoms with Gasteiger partial charge < -0.3 is 30.6 Å². The summed E-state index contributed by atoms with van der Waals surface area (Å²) in [7, 11) is 0. The van der Waals surface area contributed by atoms with Gasteiger partial charge in [0.1, 0.15) is 5.60 Å². The van der Waals surface area contributed by atoms with Crippen molar-refractivity contribution in [1.82, 2.24) is 0 Å². The average Bonchev–Trinajstić information content (AvgIpc) is 2.99. The maximum absolute atomic E-state index is 13.3. The summed E-state index contributed by atoms with van der Waals surface area (Å²) in [5.41, 5.74) is -5.83. The molecule has 0 saturated heterocycles. The summed E-state index contributed by atoms with van der Waals surface area (Å²) in [4.78, 5) is 26.4. The second-order valence-electron chi connectivity index (χ2n) is 13.1. The first-order chi connectivity index (χ1) is 15.9. The Morgan fingerprint density at radius 3 is 2.29 bits per heavy atom. The van der Waals surface area contributed by atoms with Gasteiger partial charge in [-0.25, -0.2) is 0 Å². The molecule has 0 aliphatic heterocycles. The van der Waals surface area contributed by atoms with Crippen LogP contribution in [-0.4, -0.2) is 77.3 Å². The number of aliphatic hydroxyl groups excluding tert-OH is 3. The lowest BCUT2D eigenvalue weighted by Gasteiger charge is -2.61. The Morgan fingerprint density at radius 2 is 1.69 bits per heavy atom. The number of hydrogen-bond acceptors (Lipinski definition) is 8. The Labute approximate surface area is 207 Å². The highest BCUT2D eigenvalue weighted by atomic mass is 16.3. The van der Waals surface area contributed by atoms with Gasteiger partial charge in [-0.2, -0.15) is 0 Å². The highest BCUT2D eigenvalue weighted by molar-refractivity contribution is 5.95. The number of aliphatic hydroxyl groups is 6. The quantitative estimate of drug-likeness (QED) is 0.331. The molecule has 4 rings (SSSR count). The lowest BCUT2D eigenvalue weighted by atomic mass is 9.45. The number of allylic oxidation sites excluding steroid dienone is 1. The van der Waals surface area contributed by atoms with Crippen LogP contribution in [0.2, 0.25) is 0 Å². The van der Waals surface area contributed by atoms with E-state index < -0.39 is 69.5 Å². The molecule has 8 nitrogen and oxygen atoms in total. The van der Waals surface area contributed by atoms with Crippen LogP contribution in [0.4, 0.5) is 0 Å². The van der Waals surface area contributed by atoms with E-state index in [0.29, 0.717) is 12.0 Å². The molecule has 8 heteroatoms. The number of Topliss-reactive ketones (excluding diaryl/α,β-unsaturated/α-hetero) is 1. The van der Waals surface area contributed by atoms with E-state index in [4.69, 9.17) is 0 Å². The Bertz CT molecular complexity index is 934. The minimum atomic E-state index is -1.78. The lowest BCUT2D eigenvalue weighted by molar-refractivity contribution is -0.186. The maximum atomic E-state index is 13.3. The van der Waals surface area contributed by atoms with Crippen LogP contribution in [0, 0.1) is 28.6 Å². The second-order valence-corrected chi connectivity index (χ2v) is 13.1. The summed E-state index contributed by atoms with van der Waals surface area (Å²) >= 11 is 0. The molecule has 3 saturated carbocycles. The third kappa shape index (κ3) is 3.87. The molecule has 0 bridgehead atoms. The van der Waals surface area contributed by atoms with Crippen LogP contribution in [0.3, 0.4) is 0 Å². The molecule has 198 valence electrons. The molecule has 0 heterocycles. The number of fused-ring (bicyclic) bond motifs is 5.